The van der Waals surface area contributed by atoms with E-state index in [0.717, 1.165) is 0 Å². The maximum absolute atomic E-state index is 11.2. The van der Waals surface area contributed by atoms with Crippen LogP contribution in [0.1, 0.15) is 20.3 Å². The van der Waals surface area contributed by atoms with Crippen LogP contribution in [0.5, 0.6) is 0 Å². The van der Waals surface area contributed by atoms with Crippen LogP contribution < -0.4 is 0 Å². The first-order valence-corrected chi connectivity index (χ1v) is 4.51. The summed E-state index contributed by atoms with van der Waals surface area (Å²) in [6.45, 7) is 5.16. The number of esters is 1. The molecular weight excluding hydrogens is 174 g/mol. The molecule has 1 heterocycles. The second-order valence-corrected chi connectivity index (χ2v) is 2.61. The van der Waals surface area contributed by atoms with Crippen LogP contribution in [-0.2, 0) is 19.2 Å². The summed E-state index contributed by atoms with van der Waals surface area (Å²) >= 11 is 0. The number of rotatable bonds is 4. The van der Waals surface area contributed by atoms with E-state index in [9.17, 15) is 4.79 Å². The molecule has 76 valence electrons. The van der Waals surface area contributed by atoms with Crippen molar-refractivity contribution < 1.29 is 19.2 Å². The number of hydroxylamine groups is 2. The fourth-order valence-corrected chi connectivity index (χ4v) is 1.11. The van der Waals surface area contributed by atoms with Gasteiger partial charge in [0.2, 0.25) is 0 Å². The highest BCUT2D eigenvalue weighted by molar-refractivity contribution is 5.74. The molecule has 0 N–H and O–H groups in total. The van der Waals surface area contributed by atoms with Crippen LogP contribution in [-0.4, -0.2) is 37.1 Å². The summed E-state index contributed by atoms with van der Waals surface area (Å²) in [6, 6.07) is 0. The van der Waals surface area contributed by atoms with E-state index in [2.05, 4.69) is 0 Å². The zero-order valence-corrected chi connectivity index (χ0v) is 7.99. The summed E-state index contributed by atoms with van der Waals surface area (Å²) in [5, 5.41) is 1.33. The molecule has 1 aliphatic rings. The minimum atomic E-state index is -0.494. The Hall–Kier alpha value is -0.650. The molecule has 5 heteroatoms. The normalized spacial score (nSPS) is 23.4. The molecule has 1 rings (SSSR count). The molecule has 0 bridgehead atoms. The van der Waals surface area contributed by atoms with Gasteiger partial charge in [0, 0.05) is 6.42 Å². The number of hydrogen-bond donors (Lipinski definition) is 0. The van der Waals surface area contributed by atoms with Gasteiger partial charge in [-0.15, -0.1) is 0 Å². The maximum Gasteiger partial charge on any atom is 0.337 e. The lowest BCUT2D eigenvalue weighted by atomic mass is 10.3. The molecule has 1 fully saturated rings. The fraction of sp³-hybridized carbons (Fsp3) is 0.875. The van der Waals surface area contributed by atoms with Gasteiger partial charge in [0.05, 0.1) is 19.8 Å². The van der Waals surface area contributed by atoms with Crippen LogP contribution in [0, 0.1) is 0 Å². The van der Waals surface area contributed by atoms with Crippen LogP contribution in [0.4, 0.5) is 0 Å². The van der Waals surface area contributed by atoms with Crippen molar-refractivity contribution in [3.05, 3.63) is 0 Å². The van der Waals surface area contributed by atoms with Gasteiger partial charge >= 0.3 is 5.97 Å². The number of hydrogen-bond acceptors (Lipinski definition) is 5. The summed E-state index contributed by atoms with van der Waals surface area (Å²) < 4.78 is 4.81. The van der Waals surface area contributed by atoms with Crippen LogP contribution in [0.2, 0.25) is 0 Å². The van der Waals surface area contributed by atoms with Crippen molar-refractivity contribution in [2.24, 2.45) is 0 Å². The molecule has 0 radical (unpaired) electrons. The Kier molecular flexibility index (Phi) is 4.14. The second kappa shape index (κ2) is 5.16. The Morgan fingerprint density at radius 3 is 2.92 bits per heavy atom. The SMILES string of the molecule is CCOC(=O)C1CCN(OCC)O1. The standard InChI is InChI=1S/C8H15NO4/c1-3-11-8(10)7-5-6-9(13-7)12-4-2/h7H,3-6H2,1-2H3. The predicted octanol–water partition coefficient (Wildman–Crippen LogP) is 0.507. The lowest BCUT2D eigenvalue weighted by Crippen LogP contribution is -2.26. The van der Waals surface area contributed by atoms with Crippen LogP contribution in [0.25, 0.3) is 0 Å². The molecule has 0 spiro atoms. The van der Waals surface area contributed by atoms with Crippen molar-refractivity contribution in [1.82, 2.24) is 5.23 Å². The van der Waals surface area contributed by atoms with Crippen molar-refractivity contribution in [2.75, 3.05) is 19.8 Å². The third kappa shape index (κ3) is 2.95. The molecule has 0 aromatic rings. The van der Waals surface area contributed by atoms with Crippen LogP contribution >= 0.6 is 0 Å². The molecular formula is C8H15NO4. The minimum Gasteiger partial charge on any atom is -0.464 e. The molecule has 0 amide bonds. The highest BCUT2D eigenvalue weighted by Crippen LogP contribution is 2.14. The van der Waals surface area contributed by atoms with Gasteiger partial charge in [-0.2, -0.15) is 0 Å². The Bertz CT molecular complexity index is 174. The largest absolute Gasteiger partial charge is 0.464 e. The van der Waals surface area contributed by atoms with Crippen molar-refractivity contribution >= 4 is 5.97 Å². The van der Waals surface area contributed by atoms with Crippen LogP contribution in [0.3, 0.4) is 0 Å². The third-order valence-electron chi connectivity index (χ3n) is 1.64. The van der Waals surface area contributed by atoms with Gasteiger partial charge in [0.1, 0.15) is 0 Å². The summed E-state index contributed by atoms with van der Waals surface area (Å²) in [7, 11) is 0. The van der Waals surface area contributed by atoms with E-state index < -0.39 is 6.10 Å². The summed E-state index contributed by atoms with van der Waals surface area (Å²) in [5.41, 5.74) is 0. The summed E-state index contributed by atoms with van der Waals surface area (Å²) in [6.07, 6.45) is 0.130. The molecule has 0 saturated carbocycles. The summed E-state index contributed by atoms with van der Waals surface area (Å²) in [5.74, 6) is -0.315. The van der Waals surface area contributed by atoms with Crippen molar-refractivity contribution in [3.63, 3.8) is 0 Å². The average molecular weight is 189 g/mol. The van der Waals surface area contributed by atoms with E-state index in [4.69, 9.17) is 14.4 Å². The highest BCUT2D eigenvalue weighted by Gasteiger charge is 2.31. The van der Waals surface area contributed by atoms with Gasteiger partial charge in [-0.25, -0.2) is 4.79 Å². The molecule has 1 saturated heterocycles. The quantitative estimate of drug-likeness (QED) is 0.603. The maximum atomic E-state index is 11.2. The molecule has 1 aliphatic heterocycles. The Morgan fingerprint density at radius 2 is 2.31 bits per heavy atom. The van der Waals surface area contributed by atoms with Crippen LogP contribution in [0.15, 0.2) is 0 Å². The van der Waals surface area contributed by atoms with Gasteiger partial charge in [-0.3, -0.25) is 9.68 Å². The highest BCUT2D eigenvalue weighted by atomic mass is 17.0. The number of ether oxygens (including phenoxy) is 1. The lowest BCUT2D eigenvalue weighted by molar-refractivity contribution is -0.349. The molecule has 1 atom stereocenters. The minimum absolute atomic E-state index is 0.315. The zero-order valence-electron chi connectivity index (χ0n) is 7.99. The van der Waals surface area contributed by atoms with Crippen molar-refractivity contribution in [3.8, 4) is 0 Å². The van der Waals surface area contributed by atoms with Gasteiger partial charge in [-0.1, -0.05) is 5.23 Å². The third-order valence-corrected chi connectivity index (χ3v) is 1.64. The Morgan fingerprint density at radius 1 is 1.54 bits per heavy atom. The number of carbonyl (C=O) groups excluding carboxylic acids is 1. The fourth-order valence-electron chi connectivity index (χ4n) is 1.11. The molecule has 1 unspecified atom stereocenters. The number of carbonyl (C=O) groups is 1. The first kappa shape index (κ1) is 10.4. The Labute approximate surface area is 77.5 Å². The lowest BCUT2D eigenvalue weighted by Gasteiger charge is -2.13. The van der Waals surface area contributed by atoms with E-state index in [1.807, 2.05) is 6.92 Å². The van der Waals surface area contributed by atoms with Gasteiger partial charge < -0.3 is 4.74 Å². The molecule has 0 aromatic carbocycles. The zero-order chi connectivity index (χ0) is 9.68. The molecule has 0 aliphatic carbocycles. The van der Waals surface area contributed by atoms with Gasteiger partial charge in [0.25, 0.3) is 0 Å². The molecule has 5 nitrogen and oxygen atoms in total. The number of nitrogens with zero attached hydrogens (tertiary/aromatic N) is 1. The monoisotopic (exact) mass is 189 g/mol. The van der Waals surface area contributed by atoms with E-state index in [0.29, 0.717) is 26.2 Å². The molecule has 13 heavy (non-hydrogen) atoms. The van der Waals surface area contributed by atoms with E-state index in [-0.39, 0.29) is 5.97 Å². The van der Waals surface area contributed by atoms with E-state index >= 15 is 0 Å². The predicted molar refractivity (Wildman–Crippen MR) is 44.5 cm³/mol. The smallest absolute Gasteiger partial charge is 0.337 e. The Balaban J connectivity index is 2.27. The van der Waals surface area contributed by atoms with E-state index in [1.165, 1.54) is 5.23 Å². The topological polar surface area (TPSA) is 48.0 Å². The van der Waals surface area contributed by atoms with Gasteiger partial charge in [-0.05, 0) is 13.8 Å². The van der Waals surface area contributed by atoms with Crippen molar-refractivity contribution in [2.45, 2.75) is 26.4 Å². The second-order valence-electron chi connectivity index (χ2n) is 2.61. The molecule has 0 aromatic heterocycles. The van der Waals surface area contributed by atoms with Gasteiger partial charge in [0.15, 0.2) is 6.10 Å². The average Bonchev–Trinajstić information content (AvgIpc) is 2.54. The summed E-state index contributed by atoms with van der Waals surface area (Å²) in [4.78, 5) is 21.4. The first-order valence-electron chi connectivity index (χ1n) is 4.51. The first-order chi connectivity index (χ1) is 6.27. The van der Waals surface area contributed by atoms with Crippen molar-refractivity contribution in [1.29, 1.82) is 0 Å². The van der Waals surface area contributed by atoms with E-state index in [1.54, 1.807) is 6.92 Å².